The molecule has 2 aliphatic heterocycles. The molecule has 1 saturated carbocycles. The van der Waals surface area contributed by atoms with Crippen LogP contribution in [0.15, 0.2) is 41.2 Å². The number of H-pyrrole nitrogens is 1. The maximum absolute atomic E-state index is 13.4. The first kappa shape index (κ1) is 20.7. The van der Waals surface area contributed by atoms with Gasteiger partial charge < -0.3 is 4.90 Å². The van der Waals surface area contributed by atoms with Crippen molar-refractivity contribution in [3.8, 4) is 0 Å². The molecule has 1 atom stereocenters. The second-order valence-corrected chi connectivity index (χ2v) is 9.85. The molecule has 2 fully saturated rings. The average Bonchev–Trinajstić information content (AvgIpc) is 3.23. The van der Waals surface area contributed by atoms with Gasteiger partial charge in [0.15, 0.2) is 5.65 Å². The molecule has 1 aliphatic carbocycles. The third kappa shape index (κ3) is 3.78. The summed E-state index contributed by atoms with van der Waals surface area (Å²) in [7, 11) is 0. The molecule has 7 heteroatoms. The van der Waals surface area contributed by atoms with Gasteiger partial charge in [-0.1, -0.05) is 43.2 Å². The fourth-order valence-electron chi connectivity index (χ4n) is 5.62. The summed E-state index contributed by atoms with van der Waals surface area (Å²) in [5.41, 5.74) is 4.52. The highest BCUT2D eigenvalue weighted by molar-refractivity contribution is 5.79. The van der Waals surface area contributed by atoms with Gasteiger partial charge in [-0.2, -0.15) is 0 Å². The van der Waals surface area contributed by atoms with Crippen molar-refractivity contribution in [2.75, 3.05) is 13.1 Å². The number of carbonyl (C=O) groups excluding carboxylic acids is 1. The summed E-state index contributed by atoms with van der Waals surface area (Å²) >= 11 is 0. The molecule has 2 aromatic heterocycles. The van der Waals surface area contributed by atoms with Crippen LogP contribution in [0, 0.1) is 5.92 Å². The van der Waals surface area contributed by atoms with E-state index in [0.717, 1.165) is 50.2 Å². The van der Waals surface area contributed by atoms with E-state index in [4.69, 9.17) is 4.98 Å². The first-order chi connectivity index (χ1) is 16.2. The van der Waals surface area contributed by atoms with Gasteiger partial charge in [0.2, 0.25) is 5.91 Å². The molecular weight excluding hydrogens is 414 g/mol. The SMILES string of the molecule is O=C(C1CCC1)N1CCc2nc3cc([C@H]4CCCCN4Cc4ccccc4)[nH]n3c(=O)c2C1. The number of carbonyl (C=O) groups is 1. The number of piperidine rings is 1. The lowest BCUT2D eigenvalue weighted by molar-refractivity contribution is -0.139. The molecule has 33 heavy (non-hydrogen) atoms. The van der Waals surface area contributed by atoms with E-state index in [1.165, 1.54) is 18.4 Å². The standard InChI is InChI=1S/C26H31N5O2/c32-25(19-9-6-10-19)30-14-12-21-20(17-30)26(33)31-24(27-21)15-22(28-31)23-11-4-5-13-29(23)16-18-7-2-1-3-8-18/h1-3,7-8,15,19,23,28H,4-6,9-14,16-17H2/t23-/m1/s1. The number of likely N-dealkylation sites (tertiary alicyclic amines) is 1. The third-order valence-corrected chi connectivity index (χ3v) is 7.75. The Hall–Kier alpha value is -2.93. The molecule has 0 bridgehead atoms. The van der Waals surface area contributed by atoms with Crippen LogP contribution in [0.3, 0.4) is 0 Å². The van der Waals surface area contributed by atoms with Crippen LogP contribution in [0.5, 0.6) is 0 Å². The van der Waals surface area contributed by atoms with E-state index in [9.17, 15) is 9.59 Å². The molecule has 1 saturated heterocycles. The molecule has 3 aromatic rings. The largest absolute Gasteiger partial charge is 0.337 e. The smallest absolute Gasteiger partial charge is 0.277 e. The first-order valence-electron chi connectivity index (χ1n) is 12.4. The molecule has 3 aliphatic rings. The van der Waals surface area contributed by atoms with E-state index in [-0.39, 0.29) is 23.4 Å². The van der Waals surface area contributed by atoms with E-state index >= 15 is 0 Å². The summed E-state index contributed by atoms with van der Waals surface area (Å²) in [6, 6.07) is 12.9. The molecule has 0 radical (unpaired) electrons. The number of hydrogen-bond donors (Lipinski definition) is 1. The second kappa shape index (κ2) is 8.45. The van der Waals surface area contributed by atoms with Gasteiger partial charge in [-0.3, -0.25) is 19.6 Å². The zero-order valence-corrected chi connectivity index (χ0v) is 19.0. The zero-order chi connectivity index (χ0) is 22.4. The molecule has 6 rings (SSSR count). The highest BCUT2D eigenvalue weighted by Gasteiger charge is 2.33. The molecule has 0 unspecified atom stereocenters. The maximum Gasteiger partial charge on any atom is 0.277 e. The van der Waals surface area contributed by atoms with Crippen LogP contribution in [-0.4, -0.2) is 43.4 Å². The highest BCUT2D eigenvalue weighted by atomic mass is 16.2. The number of aromatic nitrogens is 3. The summed E-state index contributed by atoms with van der Waals surface area (Å²) in [5, 5.41) is 3.39. The van der Waals surface area contributed by atoms with Gasteiger partial charge in [0.05, 0.1) is 29.5 Å². The van der Waals surface area contributed by atoms with Crippen molar-refractivity contribution in [2.45, 2.75) is 64.1 Å². The Bertz CT molecular complexity index is 1230. The molecule has 4 heterocycles. The van der Waals surface area contributed by atoms with Crippen molar-refractivity contribution in [3.63, 3.8) is 0 Å². The summed E-state index contributed by atoms with van der Waals surface area (Å²) in [5.74, 6) is 0.368. The van der Waals surface area contributed by atoms with Crippen LogP contribution in [0.4, 0.5) is 0 Å². The lowest BCUT2D eigenvalue weighted by Crippen LogP contribution is -2.44. The third-order valence-electron chi connectivity index (χ3n) is 7.75. The van der Waals surface area contributed by atoms with Crippen LogP contribution in [0.25, 0.3) is 5.65 Å². The molecule has 7 nitrogen and oxygen atoms in total. The van der Waals surface area contributed by atoms with Gasteiger partial charge in [-0.25, -0.2) is 9.50 Å². The van der Waals surface area contributed by atoms with Crippen molar-refractivity contribution in [2.24, 2.45) is 5.92 Å². The number of amides is 1. The van der Waals surface area contributed by atoms with E-state index in [1.807, 2.05) is 4.90 Å². The van der Waals surface area contributed by atoms with Crippen LogP contribution < -0.4 is 5.56 Å². The van der Waals surface area contributed by atoms with Gasteiger partial charge in [-0.15, -0.1) is 0 Å². The van der Waals surface area contributed by atoms with Gasteiger partial charge in [0.25, 0.3) is 5.56 Å². The summed E-state index contributed by atoms with van der Waals surface area (Å²) in [6.45, 7) is 3.00. The van der Waals surface area contributed by atoms with Gasteiger partial charge >= 0.3 is 0 Å². The van der Waals surface area contributed by atoms with Crippen LogP contribution in [-0.2, 0) is 24.3 Å². The minimum Gasteiger partial charge on any atom is -0.337 e. The van der Waals surface area contributed by atoms with E-state index < -0.39 is 0 Å². The minimum atomic E-state index is -0.0576. The zero-order valence-electron chi connectivity index (χ0n) is 19.0. The van der Waals surface area contributed by atoms with Crippen LogP contribution >= 0.6 is 0 Å². The second-order valence-electron chi connectivity index (χ2n) is 9.85. The molecular formula is C26H31N5O2. The topological polar surface area (TPSA) is 73.7 Å². The number of nitrogens with one attached hydrogen (secondary N) is 1. The van der Waals surface area contributed by atoms with Crippen molar-refractivity contribution < 1.29 is 4.79 Å². The molecule has 0 spiro atoms. The Kier molecular flexibility index (Phi) is 5.29. The quantitative estimate of drug-likeness (QED) is 0.668. The molecule has 1 aromatic carbocycles. The fourth-order valence-corrected chi connectivity index (χ4v) is 5.62. The Balaban J connectivity index is 1.29. The molecule has 1 amide bonds. The van der Waals surface area contributed by atoms with Gasteiger partial charge in [0, 0.05) is 31.5 Å². The summed E-state index contributed by atoms with van der Waals surface area (Å²) in [6.07, 6.45) is 7.21. The van der Waals surface area contributed by atoms with Crippen molar-refractivity contribution in [1.29, 1.82) is 0 Å². The Labute approximate surface area is 193 Å². The fraction of sp³-hybridized carbons (Fsp3) is 0.500. The maximum atomic E-state index is 13.4. The van der Waals surface area contributed by atoms with E-state index in [1.54, 1.807) is 4.52 Å². The van der Waals surface area contributed by atoms with Crippen molar-refractivity contribution in [3.05, 3.63) is 69.3 Å². The number of rotatable bonds is 4. The van der Waals surface area contributed by atoms with Crippen LogP contribution in [0.1, 0.15) is 67.1 Å². The predicted octanol–water partition coefficient (Wildman–Crippen LogP) is 3.43. The monoisotopic (exact) mass is 445 g/mol. The normalized spacial score (nSPS) is 21.7. The highest BCUT2D eigenvalue weighted by Crippen LogP contribution is 2.32. The molecule has 172 valence electrons. The van der Waals surface area contributed by atoms with Crippen LogP contribution in [0.2, 0.25) is 0 Å². The molecule has 1 N–H and O–H groups in total. The van der Waals surface area contributed by atoms with Gasteiger partial charge in [-0.05, 0) is 37.8 Å². The summed E-state index contributed by atoms with van der Waals surface area (Å²) < 4.78 is 1.60. The van der Waals surface area contributed by atoms with E-state index in [2.05, 4.69) is 46.4 Å². The number of benzene rings is 1. The number of aromatic amines is 1. The number of nitrogens with zero attached hydrogens (tertiary/aromatic N) is 4. The Morgan fingerprint density at radius 1 is 1.06 bits per heavy atom. The lowest BCUT2D eigenvalue weighted by atomic mass is 9.84. The van der Waals surface area contributed by atoms with E-state index in [0.29, 0.717) is 30.7 Å². The minimum absolute atomic E-state index is 0.0576. The average molecular weight is 446 g/mol. The van der Waals surface area contributed by atoms with Crippen molar-refractivity contribution in [1.82, 2.24) is 24.4 Å². The van der Waals surface area contributed by atoms with Crippen molar-refractivity contribution >= 4 is 11.6 Å². The van der Waals surface area contributed by atoms with Gasteiger partial charge in [0.1, 0.15) is 0 Å². The first-order valence-corrected chi connectivity index (χ1v) is 12.4. The number of hydrogen-bond acceptors (Lipinski definition) is 4. The number of fused-ring (bicyclic) bond motifs is 2. The summed E-state index contributed by atoms with van der Waals surface area (Å²) in [4.78, 5) is 35.4. The Morgan fingerprint density at radius 3 is 2.70 bits per heavy atom. The lowest BCUT2D eigenvalue weighted by Gasteiger charge is -2.35. The predicted molar refractivity (Wildman–Crippen MR) is 126 cm³/mol. The Morgan fingerprint density at radius 2 is 1.91 bits per heavy atom.